The van der Waals surface area contributed by atoms with E-state index in [2.05, 4.69) is 71.8 Å². The predicted octanol–water partition coefficient (Wildman–Crippen LogP) is 3.87. The van der Waals surface area contributed by atoms with Gasteiger partial charge in [0.25, 0.3) is 0 Å². The second-order valence-corrected chi connectivity index (χ2v) is 10.6. The number of nitrogens with zero attached hydrogens (tertiary/aromatic N) is 1. The molecule has 2 N–H and O–H groups in total. The summed E-state index contributed by atoms with van der Waals surface area (Å²) in [6, 6.07) is 21.4. The molecule has 0 spiro atoms. The molecule has 2 aromatic rings. The highest BCUT2D eigenvalue weighted by atomic mass is 16.2. The Morgan fingerprint density at radius 1 is 1.09 bits per heavy atom. The first-order chi connectivity index (χ1) is 15.6. The van der Waals surface area contributed by atoms with Crippen molar-refractivity contribution in [3.63, 3.8) is 0 Å². The van der Waals surface area contributed by atoms with Crippen molar-refractivity contribution >= 4 is 5.91 Å². The molecule has 3 aliphatic heterocycles. The van der Waals surface area contributed by atoms with Crippen LogP contribution in [0.15, 0.2) is 60.7 Å². The second-order valence-electron chi connectivity index (χ2n) is 10.6. The van der Waals surface area contributed by atoms with E-state index in [4.69, 9.17) is 0 Å². The minimum atomic E-state index is -0.445. The number of rotatable bonds is 8. The summed E-state index contributed by atoms with van der Waals surface area (Å²) in [4.78, 5) is 16.5. The molecule has 5 atom stereocenters. The van der Waals surface area contributed by atoms with Crippen LogP contribution in [-0.2, 0) is 17.8 Å². The summed E-state index contributed by atoms with van der Waals surface area (Å²) in [5, 5.41) is 7.13. The molecule has 4 nitrogen and oxygen atoms in total. The van der Waals surface area contributed by atoms with Crippen LogP contribution in [0.5, 0.6) is 0 Å². The van der Waals surface area contributed by atoms with Crippen LogP contribution >= 0.6 is 0 Å². The molecule has 4 aliphatic rings. The van der Waals surface area contributed by atoms with Gasteiger partial charge in [-0.3, -0.25) is 9.69 Å². The van der Waals surface area contributed by atoms with Gasteiger partial charge >= 0.3 is 0 Å². The molecule has 3 saturated heterocycles. The van der Waals surface area contributed by atoms with Gasteiger partial charge in [-0.15, -0.1) is 0 Å². The summed E-state index contributed by atoms with van der Waals surface area (Å²) in [6.07, 6.45) is 3.44. The van der Waals surface area contributed by atoms with E-state index in [-0.39, 0.29) is 5.91 Å². The first-order valence-corrected chi connectivity index (χ1v) is 12.4. The van der Waals surface area contributed by atoms with E-state index in [0.29, 0.717) is 36.3 Å². The van der Waals surface area contributed by atoms with Crippen molar-refractivity contribution in [3.05, 3.63) is 71.8 Å². The van der Waals surface area contributed by atoms with Crippen LogP contribution in [0.1, 0.15) is 37.8 Å². The Labute approximate surface area is 192 Å². The topological polar surface area (TPSA) is 44.4 Å². The van der Waals surface area contributed by atoms with Crippen molar-refractivity contribution in [3.8, 4) is 0 Å². The van der Waals surface area contributed by atoms with Gasteiger partial charge in [0, 0.05) is 31.6 Å². The highest BCUT2D eigenvalue weighted by Gasteiger charge is 2.67. The molecule has 32 heavy (non-hydrogen) atoms. The molecule has 3 heterocycles. The lowest BCUT2D eigenvalue weighted by atomic mass is 9.58. The number of benzene rings is 2. The van der Waals surface area contributed by atoms with Crippen molar-refractivity contribution in [2.75, 3.05) is 19.6 Å². The quantitative estimate of drug-likeness (QED) is 0.667. The molecule has 4 heteroatoms. The van der Waals surface area contributed by atoms with E-state index < -0.39 is 5.54 Å². The van der Waals surface area contributed by atoms with Gasteiger partial charge < -0.3 is 10.6 Å². The predicted molar refractivity (Wildman–Crippen MR) is 129 cm³/mol. The van der Waals surface area contributed by atoms with Crippen molar-refractivity contribution in [1.29, 1.82) is 0 Å². The Bertz CT molecular complexity index is 915. The van der Waals surface area contributed by atoms with Gasteiger partial charge in [-0.2, -0.15) is 0 Å². The third kappa shape index (κ3) is 3.88. The average molecular weight is 432 g/mol. The van der Waals surface area contributed by atoms with E-state index in [9.17, 15) is 4.79 Å². The fourth-order valence-electron chi connectivity index (χ4n) is 6.87. The fraction of sp³-hybridized carbons (Fsp3) is 0.536. The Hall–Kier alpha value is -2.17. The number of hydrogen-bond acceptors (Lipinski definition) is 3. The standard InChI is InChI=1S/C28H37N3O/c1-20(2)18-31-19-24-15-23-17-30-28(24,27(32)29-16-22-11-7-4-8-12-22)26(31)25(23)14-13-21-9-5-3-6-10-21/h3-12,20,23-26,30H,13-19H2,1-2H3,(H,29,32)/t23-,24-,25+,26-,28-/m0/s1. The van der Waals surface area contributed by atoms with Crippen LogP contribution in [-0.4, -0.2) is 42.0 Å². The lowest BCUT2D eigenvalue weighted by molar-refractivity contribution is -0.138. The molecule has 6 rings (SSSR count). The number of likely N-dealkylation sites (tertiary alicyclic amines) is 1. The number of hydrogen-bond donors (Lipinski definition) is 2. The van der Waals surface area contributed by atoms with Gasteiger partial charge in [-0.25, -0.2) is 0 Å². The Kier molecular flexibility index (Phi) is 6.09. The molecule has 170 valence electrons. The number of fused-ring (bicyclic) bond motifs is 1. The normalized spacial score (nSPS) is 31.2. The molecule has 0 aromatic heterocycles. The first kappa shape index (κ1) is 21.7. The van der Waals surface area contributed by atoms with Crippen LogP contribution in [0, 0.1) is 23.7 Å². The van der Waals surface area contributed by atoms with Gasteiger partial charge in [0.2, 0.25) is 5.91 Å². The zero-order valence-corrected chi connectivity index (χ0v) is 19.5. The lowest BCUT2D eigenvalue weighted by Crippen LogP contribution is -2.76. The van der Waals surface area contributed by atoms with E-state index in [1.165, 1.54) is 12.0 Å². The molecule has 1 saturated carbocycles. The maximum absolute atomic E-state index is 13.9. The third-order valence-corrected chi connectivity index (χ3v) is 8.09. The molecular weight excluding hydrogens is 394 g/mol. The van der Waals surface area contributed by atoms with E-state index in [0.717, 1.165) is 38.0 Å². The molecule has 2 aromatic carbocycles. The van der Waals surface area contributed by atoms with Crippen LogP contribution in [0.2, 0.25) is 0 Å². The number of carbonyl (C=O) groups excluding carboxylic acids is 1. The minimum absolute atomic E-state index is 0.213. The van der Waals surface area contributed by atoms with Crippen molar-refractivity contribution in [2.45, 2.75) is 51.2 Å². The van der Waals surface area contributed by atoms with Crippen LogP contribution < -0.4 is 10.6 Å². The summed E-state index contributed by atoms with van der Waals surface area (Å²) >= 11 is 0. The molecule has 4 bridgehead atoms. The summed E-state index contributed by atoms with van der Waals surface area (Å²) < 4.78 is 0. The largest absolute Gasteiger partial charge is 0.350 e. The van der Waals surface area contributed by atoms with E-state index in [1.807, 2.05) is 18.2 Å². The SMILES string of the molecule is CC(C)CN1C[C@@H]2C[C@H]3CN[C@]2(C(=O)NCc2ccccc2)[C@@H]1[C@@H]3CCc1ccccc1. The zero-order valence-electron chi connectivity index (χ0n) is 19.5. The smallest absolute Gasteiger partial charge is 0.242 e. The lowest BCUT2D eigenvalue weighted by Gasteiger charge is -2.56. The summed E-state index contributed by atoms with van der Waals surface area (Å²) in [5.41, 5.74) is 2.13. The maximum Gasteiger partial charge on any atom is 0.242 e. The zero-order chi connectivity index (χ0) is 22.1. The van der Waals surface area contributed by atoms with Gasteiger partial charge in [0.15, 0.2) is 0 Å². The second kappa shape index (κ2) is 8.99. The molecule has 1 amide bonds. The highest BCUT2D eigenvalue weighted by Crippen LogP contribution is 2.53. The Balaban J connectivity index is 1.39. The molecular formula is C28H37N3O. The summed E-state index contributed by atoms with van der Waals surface area (Å²) in [6.45, 7) is 8.30. The number of piperidine rings is 2. The molecule has 4 fully saturated rings. The fourth-order valence-corrected chi connectivity index (χ4v) is 6.87. The van der Waals surface area contributed by atoms with Crippen LogP contribution in [0.3, 0.4) is 0 Å². The summed E-state index contributed by atoms with van der Waals surface area (Å²) in [5.74, 6) is 2.47. The molecule has 0 unspecified atom stereocenters. The Morgan fingerprint density at radius 3 is 2.47 bits per heavy atom. The summed E-state index contributed by atoms with van der Waals surface area (Å²) in [7, 11) is 0. The number of carbonyl (C=O) groups is 1. The van der Waals surface area contributed by atoms with Gasteiger partial charge in [0.05, 0.1) is 0 Å². The number of nitrogens with one attached hydrogen (secondary N) is 2. The van der Waals surface area contributed by atoms with Crippen LogP contribution in [0.4, 0.5) is 0 Å². The van der Waals surface area contributed by atoms with E-state index >= 15 is 0 Å². The van der Waals surface area contributed by atoms with Crippen LogP contribution in [0.25, 0.3) is 0 Å². The van der Waals surface area contributed by atoms with Gasteiger partial charge in [-0.05, 0) is 54.7 Å². The Morgan fingerprint density at radius 2 is 1.78 bits per heavy atom. The number of amides is 1. The van der Waals surface area contributed by atoms with Gasteiger partial charge in [-0.1, -0.05) is 74.5 Å². The average Bonchev–Trinajstić information content (AvgIpc) is 3.06. The van der Waals surface area contributed by atoms with Gasteiger partial charge in [0.1, 0.15) is 5.54 Å². The minimum Gasteiger partial charge on any atom is -0.350 e. The highest BCUT2D eigenvalue weighted by molar-refractivity contribution is 5.89. The van der Waals surface area contributed by atoms with Crippen molar-refractivity contribution < 1.29 is 4.79 Å². The van der Waals surface area contributed by atoms with Crippen molar-refractivity contribution in [1.82, 2.24) is 15.5 Å². The first-order valence-electron chi connectivity index (χ1n) is 12.4. The maximum atomic E-state index is 13.9. The number of aryl methyl sites for hydroxylation is 1. The van der Waals surface area contributed by atoms with Crippen molar-refractivity contribution in [2.24, 2.45) is 23.7 Å². The monoisotopic (exact) mass is 431 g/mol. The third-order valence-electron chi connectivity index (χ3n) is 8.09. The molecule has 1 aliphatic carbocycles. The van der Waals surface area contributed by atoms with E-state index in [1.54, 1.807) is 0 Å². The molecule has 0 radical (unpaired) electrons.